The molecule has 1 aliphatic rings. The zero-order chi connectivity index (χ0) is 11.5. The average molecular weight is 223 g/mol. The van der Waals surface area contributed by atoms with Gasteiger partial charge in [-0.05, 0) is 26.3 Å². The first-order valence-electron chi connectivity index (χ1n) is 6.07. The number of rotatable bonds is 4. The highest BCUT2D eigenvalue weighted by Gasteiger charge is 2.34. The first kappa shape index (κ1) is 11.6. The van der Waals surface area contributed by atoms with Crippen molar-refractivity contribution in [2.75, 3.05) is 13.7 Å². The standard InChI is InChI=1S/C12H21N3O/c1-4-15-7-6-14-12(15)10(13-3)11-9(2)5-8-16-11/h6-7,9-11,13H,4-5,8H2,1-3H3. The maximum atomic E-state index is 5.83. The van der Waals surface area contributed by atoms with Crippen LogP contribution in [0.25, 0.3) is 0 Å². The van der Waals surface area contributed by atoms with Crippen LogP contribution >= 0.6 is 0 Å². The number of aryl methyl sites for hydroxylation is 1. The van der Waals surface area contributed by atoms with Crippen LogP contribution in [0.15, 0.2) is 12.4 Å². The van der Waals surface area contributed by atoms with Gasteiger partial charge >= 0.3 is 0 Å². The van der Waals surface area contributed by atoms with Crippen LogP contribution in [0.5, 0.6) is 0 Å². The number of likely N-dealkylation sites (N-methyl/N-ethyl adjacent to an activating group) is 1. The van der Waals surface area contributed by atoms with Crippen molar-refractivity contribution in [2.24, 2.45) is 5.92 Å². The zero-order valence-electron chi connectivity index (χ0n) is 10.3. The Balaban J connectivity index is 2.21. The predicted octanol–water partition coefficient (Wildman–Crippen LogP) is 1.59. The van der Waals surface area contributed by atoms with Crippen LogP contribution in [0, 0.1) is 5.92 Å². The Labute approximate surface area is 97.0 Å². The summed E-state index contributed by atoms with van der Waals surface area (Å²) in [5, 5.41) is 3.34. The van der Waals surface area contributed by atoms with Crippen molar-refractivity contribution in [1.29, 1.82) is 0 Å². The van der Waals surface area contributed by atoms with Gasteiger partial charge in [0.2, 0.25) is 0 Å². The Kier molecular flexibility index (Phi) is 3.61. The topological polar surface area (TPSA) is 39.1 Å². The Morgan fingerprint density at radius 3 is 3.06 bits per heavy atom. The van der Waals surface area contributed by atoms with E-state index in [2.05, 4.69) is 28.7 Å². The van der Waals surface area contributed by atoms with Crippen molar-refractivity contribution < 1.29 is 4.74 Å². The molecular weight excluding hydrogens is 202 g/mol. The van der Waals surface area contributed by atoms with Gasteiger partial charge in [-0.2, -0.15) is 0 Å². The predicted molar refractivity (Wildman–Crippen MR) is 63.2 cm³/mol. The van der Waals surface area contributed by atoms with Gasteiger partial charge in [-0.1, -0.05) is 6.92 Å². The third-order valence-electron chi connectivity index (χ3n) is 3.45. The summed E-state index contributed by atoms with van der Waals surface area (Å²) >= 11 is 0. The van der Waals surface area contributed by atoms with Crippen molar-refractivity contribution in [3.63, 3.8) is 0 Å². The first-order valence-corrected chi connectivity index (χ1v) is 6.07. The van der Waals surface area contributed by atoms with Gasteiger partial charge in [0.1, 0.15) is 5.82 Å². The minimum absolute atomic E-state index is 0.201. The van der Waals surface area contributed by atoms with Gasteiger partial charge in [-0.15, -0.1) is 0 Å². The molecule has 3 atom stereocenters. The molecular formula is C12H21N3O. The van der Waals surface area contributed by atoms with E-state index in [1.54, 1.807) is 0 Å². The molecule has 0 aliphatic carbocycles. The van der Waals surface area contributed by atoms with E-state index in [-0.39, 0.29) is 12.1 Å². The first-order chi connectivity index (χ1) is 7.77. The highest BCUT2D eigenvalue weighted by Crippen LogP contribution is 2.30. The lowest BCUT2D eigenvalue weighted by atomic mass is 9.97. The molecule has 90 valence electrons. The van der Waals surface area contributed by atoms with Crippen molar-refractivity contribution in [3.05, 3.63) is 18.2 Å². The normalized spacial score (nSPS) is 27.2. The van der Waals surface area contributed by atoms with E-state index in [1.807, 2.05) is 19.4 Å². The second-order valence-electron chi connectivity index (χ2n) is 4.44. The number of imidazole rings is 1. The Morgan fingerprint density at radius 2 is 2.50 bits per heavy atom. The van der Waals surface area contributed by atoms with E-state index in [9.17, 15) is 0 Å². The summed E-state index contributed by atoms with van der Waals surface area (Å²) in [6.07, 6.45) is 5.29. The molecule has 1 aromatic heterocycles. The summed E-state index contributed by atoms with van der Waals surface area (Å²) in [4.78, 5) is 4.46. The van der Waals surface area contributed by atoms with Crippen LogP contribution in [0.2, 0.25) is 0 Å². The van der Waals surface area contributed by atoms with Crippen molar-refractivity contribution in [2.45, 2.75) is 39.0 Å². The molecule has 4 nitrogen and oxygen atoms in total. The zero-order valence-corrected chi connectivity index (χ0v) is 10.3. The van der Waals surface area contributed by atoms with E-state index < -0.39 is 0 Å². The summed E-state index contributed by atoms with van der Waals surface area (Å²) in [6, 6.07) is 0.201. The molecule has 0 amide bonds. The molecule has 1 aromatic rings. The molecule has 0 radical (unpaired) electrons. The monoisotopic (exact) mass is 223 g/mol. The summed E-state index contributed by atoms with van der Waals surface area (Å²) in [5.74, 6) is 1.68. The quantitative estimate of drug-likeness (QED) is 0.842. The number of hydrogen-bond acceptors (Lipinski definition) is 3. The lowest BCUT2D eigenvalue weighted by Crippen LogP contribution is -2.34. The molecule has 0 aromatic carbocycles. The highest BCUT2D eigenvalue weighted by atomic mass is 16.5. The van der Waals surface area contributed by atoms with E-state index in [1.165, 1.54) is 0 Å². The van der Waals surface area contributed by atoms with Crippen LogP contribution in [0.4, 0.5) is 0 Å². The third kappa shape index (κ3) is 1.99. The maximum absolute atomic E-state index is 5.83. The SMILES string of the molecule is CCn1ccnc1C(NC)C1OCCC1C. The Bertz CT molecular complexity index is 337. The Morgan fingerprint density at radius 1 is 1.69 bits per heavy atom. The summed E-state index contributed by atoms with van der Waals surface area (Å²) in [7, 11) is 1.98. The minimum atomic E-state index is 0.201. The number of nitrogens with zero attached hydrogens (tertiary/aromatic N) is 2. The van der Waals surface area contributed by atoms with Crippen LogP contribution in [0.3, 0.4) is 0 Å². The van der Waals surface area contributed by atoms with Gasteiger partial charge in [0, 0.05) is 25.5 Å². The van der Waals surface area contributed by atoms with E-state index in [0.29, 0.717) is 5.92 Å². The molecule has 2 heterocycles. The molecule has 1 aliphatic heterocycles. The second-order valence-corrected chi connectivity index (χ2v) is 4.44. The molecule has 3 unspecified atom stereocenters. The second kappa shape index (κ2) is 4.97. The third-order valence-corrected chi connectivity index (χ3v) is 3.45. The van der Waals surface area contributed by atoms with Crippen LogP contribution < -0.4 is 5.32 Å². The maximum Gasteiger partial charge on any atom is 0.128 e. The molecule has 1 saturated heterocycles. The van der Waals surface area contributed by atoms with E-state index in [4.69, 9.17) is 4.74 Å². The number of hydrogen-bond donors (Lipinski definition) is 1. The molecule has 0 bridgehead atoms. The molecule has 4 heteroatoms. The lowest BCUT2D eigenvalue weighted by molar-refractivity contribution is 0.0594. The van der Waals surface area contributed by atoms with E-state index >= 15 is 0 Å². The molecule has 0 saturated carbocycles. The van der Waals surface area contributed by atoms with Crippen LogP contribution in [-0.2, 0) is 11.3 Å². The van der Waals surface area contributed by atoms with Gasteiger partial charge in [0.15, 0.2) is 0 Å². The fraction of sp³-hybridized carbons (Fsp3) is 0.750. The molecule has 0 spiro atoms. The minimum Gasteiger partial charge on any atom is -0.376 e. The fourth-order valence-electron chi connectivity index (χ4n) is 2.45. The molecule has 16 heavy (non-hydrogen) atoms. The number of aromatic nitrogens is 2. The van der Waals surface area contributed by atoms with Gasteiger partial charge in [0.05, 0.1) is 12.1 Å². The molecule has 2 rings (SSSR count). The number of nitrogens with one attached hydrogen (secondary N) is 1. The highest BCUT2D eigenvalue weighted by molar-refractivity contribution is 5.04. The van der Waals surface area contributed by atoms with Crippen LogP contribution in [-0.4, -0.2) is 29.3 Å². The largest absolute Gasteiger partial charge is 0.376 e. The van der Waals surface area contributed by atoms with Crippen molar-refractivity contribution in [1.82, 2.24) is 14.9 Å². The van der Waals surface area contributed by atoms with Crippen molar-refractivity contribution >= 4 is 0 Å². The van der Waals surface area contributed by atoms with E-state index in [0.717, 1.165) is 25.4 Å². The molecule has 1 N–H and O–H groups in total. The van der Waals surface area contributed by atoms with Crippen LogP contribution in [0.1, 0.15) is 32.1 Å². The van der Waals surface area contributed by atoms with Gasteiger partial charge in [0.25, 0.3) is 0 Å². The molecule has 1 fully saturated rings. The number of ether oxygens (including phenoxy) is 1. The smallest absolute Gasteiger partial charge is 0.128 e. The van der Waals surface area contributed by atoms with Gasteiger partial charge < -0.3 is 14.6 Å². The van der Waals surface area contributed by atoms with Gasteiger partial charge in [-0.3, -0.25) is 0 Å². The average Bonchev–Trinajstić information content (AvgIpc) is 2.90. The summed E-state index contributed by atoms with van der Waals surface area (Å²) in [6.45, 7) is 6.21. The fourth-order valence-corrected chi connectivity index (χ4v) is 2.45. The van der Waals surface area contributed by atoms with Gasteiger partial charge in [-0.25, -0.2) is 4.98 Å². The lowest BCUT2D eigenvalue weighted by Gasteiger charge is -2.25. The van der Waals surface area contributed by atoms with Crippen molar-refractivity contribution in [3.8, 4) is 0 Å². The summed E-state index contributed by atoms with van der Waals surface area (Å²) < 4.78 is 8.00. The summed E-state index contributed by atoms with van der Waals surface area (Å²) in [5.41, 5.74) is 0. The Hall–Kier alpha value is -0.870.